The van der Waals surface area contributed by atoms with Gasteiger partial charge in [0.05, 0.1) is 22.0 Å². The van der Waals surface area contributed by atoms with Crippen LogP contribution in [-0.4, -0.2) is 15.1 Å². The Morgan fingerprint density at radius 3 is 2.14 bits per heavy atom. The van der Waals surface area contributed by atoms with E-state index in [0.717, 1.165) is 11.4 Å². The van der Waals surface area contributed by atoms with E-state index in [1.165, 1.54) is 6.07 Å². The van der Waals surface area contributed by atoms with E-state index >= 15 is 0 Å². The van der Waals surface area contributed by atoms with E-state index in [1.54, 1.807) is 6.07 Å². The highest BCUT2D eigenvalue weighted by Crippen LogP contribution is 2.37. The zero-order chi connectivity index (χ0) is 19.5. The molecule has 0 amide bonds. The lowest BCUT2D eigenvalue weighted by Crippen LogP contribution is -1.85. The second kappa shape index (κ2) is 8.09. The lowest BCUT2D eigenvalue weighted by Gasteiger charge is -2.04. The van der Waals surface area contributed by atoms with Gasteiger partial charge >= 0.3 is 0 Å². The molecule has 0 unspecified atom stereocenters. The molecular weight excluding hydrogens is 391 g/mol. The number of rotatable bonds is 5. The maximum absolute atomic E-state index is 10.4. The van der Waals surface area contributed by atoms with Crippen LogP contribution in [0, 0.1) is 11.8 Å². The number of H-pyrrole nitrogens is 1. The van der Waals surface area contributed by atoms with E-state index < -0.39 is 0 Å². The molecule has 0 saturated heterocycles. The van der Waals surface area contributed by atoms with E-state index in [9.17, 15) is 5.11 Å². The maximum Gasteiger partial charge on any atom is 0.145 e. The van der Waals surface area contributed by atoms with E-state index in [-0.39, 0.29) is 22.6 Å². The number of imidazole rings is 1. The van der Waals surface area contributed by atoms with Crippen LogP contribution in [-0.2, 0) is 0 Å². The van der Waals surface area contributed by atoms with Crippen molar-refractivity contribution in [3.05, 3.63) is 94.3 Å². The summed E-state index contributed by atoms with van der Waals surface area (Å²) in [7, 11) is 0. The van der Waals surface area contributed by atoms with Gasteiger partial charge in [-0.15, -0.1) is 0 Å². The smallest absolute Gasteiger partial charge is 0.145 e. The van der Waals surface area contributed by atoms with Crippen molar-refractivity contribution in [1.82, 2.24) is 9.97 Å². The maximum atomic E-state index is 10.4. The van der Waals surface area contributed by atoms with Crippen LogP contribution in [0.4, 0.5) is 0 Å². The molecule has 0 spiro atoms. The fourth-order valence-electron chi connectivity index (χ4n) is 3.09. The summed E-state index contributed by atoms with van der Waals surface area (Å²) in [5.74, 6) is 0.982. The Labute approximate surface area is 173 Å². The number of hydrogen-bond acceptors (Lipinski definition) is 2. The highest BCUT2D eigenvalue weighted by molar-refractivity contribution is 6.36. The van der Waals surface area contributed by atoms with Crippen molar-refractivity contribution in [3.8, 4) is 17.1 Å². The van der Waals surface area contributed by atoms with Crippen LogP contribution in [0.2, 0.25) is 10.0 Å². The molecule has 1 heterocycles. The van der Waals surface area contributed by atoms with Gasteiger partial charge in [-0.25, -0.2) is 4.98 Å². The number of aromatic hydroxyl groups is 1. The molecule has 2 aliphatic rings. The van der Waals surface area contributed by atoms with Crippen LogP contribution in [0.25, 0.3) is 23.5 Å². The molecule has 1 aromatic carbocycles. The van der Waals surface area contributed by atoms with Gasteiger partial charge in [-0.2, -0.15) is 0 Å². The third kappa shape index (κ3) is 4.06. The van der Waals surface area contributed by atoms with E-state index in [2.05, 4.69) is 46.4 Å². The molecule has 140 valence electrons. The largest absolute Gasteiger partial charge is 0.506 e. The SMILES string of the molecule is Oc1c(Cl)cc(Cl)cc1-c1nc(/C=C/C2C=CC=C2)c(/C=C/C2C=CC=C2)[nH]1. The Balaban J connectivity index is 1.73. The first kappa shape index (κ1) is 18.6. The molecule has 5 heteroatoms. The van der Waals surface area contributed by atoms with Crippen molar-refractivity contribution in [1.29, 1.82) is 0 Å². The van der Waals surface area contributed by atoms with E-state index in [4.69, 9.17) is 23.2 Å². The molecule has 28 heavy (non-hydrogen) atoms. The van der Waals surface area contributed by atoms with E-state index in [1.807, 2.05) is 36.5 Å². The van der Waals surface area contributed by atoms with Gasteiger partial charge in [0.2, 0.25) is 0 Å². The minimum atomic E-state index is -0.0470. The molecule has 0 saturated carbocycles. The van der Waals surface area contributed by atoms with Gasteiger partial charge in [-0.3, -0.25) is 0 Å². The van der Waals surface area contributed by atoms with Crippen LogP contribution in [0.15, 0.2) is 72.9 Å². The number of aromatic nitrogens is 2. The second-order valence-electron chi connectivity index (χ2n) is 6.58. The summed E-state index contributed by atoms with van der Waals surface area (Å²) in [4.78, 5) is 7.96. The molecule has 0 aliphatic heterocycles. The quantitative estimate of drug-likeness (QED) is 0.585. The van der Waals surface area contributed by atoms with Crippen LogP contribution in [0.5, 0.6) is 5.75 Å². The highest BCUT2D eigenvalue weighted by atomic mass is 35.5. The molecular formula is C23H18Cl2N2O. The first-order valence-corrected chi connectivity index (χ1v) is 9.70. The third-order valence-electron chi connectivity index (χ3n) is 4.56. The summed E-state index contributed by atoms with van der Waals surface area (Å²) < 4.78 is 0. The van der Waals surface area contributed by atoms with Gasteiger partial charge in [-0.1, -0.05) is 84.0 Å². The van der Waals surface area contributed by atoms with Gasteiger partial charge in [0.25, 0.3) is 0 Å². The molecule has 0 atom stereocenters. The Morgan fingerprint density at radius 2 is 1.50 bits per heavy atom. The number of phenolic OH excluding ortho intramolecular Hbond substituents is 1. The first-order chi connectivity index (χ1) is 13.6. The molecule has 2 aliphatic carbocycles. The molecule has 2 N–H and O–H groups in total. The van der Waals surface area contributed by atoms with Crippen molar-refractivity contribution in [2.45, 2.75) is 0 Å². The van der Waals surface area contributed by atoms with Gasteiger partial charge < -0.3 is 10.1 Å². The minimum Gasteiger partial charge on any atom is -0.506 e. The zero-order valence-electron chi connectivity index (χ0n) is 14.9. The standard InChI is InChI=1S/C23H18Cl2N2O/c24-17-13-18(22(28)19(25)14-17)23-26-20(11-9-15-5-1-2-6-15)21(27-23)12-10-16-7-3-4-8-16/h1-16,28H,(H,26,27)/b11-9+,12-10+. The lowest BCUT2D eigenvalue weighted by atomic mass is 10.1. The fraction of sp³-hybridized carbons (Fsp3) is 0.0870. The normalized spacial score (nSPS) is 16.6. The van der Waals surface area contributed by atoms with Gasteiger partial charge in [0.1, 0.15) is 11.6 Å². The molecule has 1 aromatic heterocycles. The van der Waals surface area contributed by atoms with Gasteiger partial charge in [0, 0.05) is 16.9 Å². The number of nitrogens with zero attached hydrogens (tertiary/aromatic N) is 1. The summed E-state index contributed by atoms with van der Waals surface area (Å²) in [5, 5.41) is 11.0. The average Bonchev–Trinajstić information content (AvgIpc) is 3.43. The summed E-state index contributed by atoms with van der Waals surface area (Å²) in [6, 6.07) is 3.15. The van der Waals surface area contributed by atoms with Crippen molar-refractivity contribution < 1.29 is 5.11 Å². The summed E-state index contributed by atoms with van der Waals surface area (Å²) in [6.45, 7) is 0. The highest BCUT2D eigenvalue weighted by Gasteiger charge is 2.15. The van der Waals surface area contributed by atoms with Crippen LogP contribution >= 0.6 is 23.2 Å². The topological polar surface area (TPSA) is 48.9 Å². The number of allylic oxidation sites excluding steroid dienone is 10. The third-order valence-corrected chi connectivity index (χ3v) is 5.07. The summed E-state index contributed by atoms with van der Waals surface area (Å²) in [5.41, 5.74) is 2.09. The van der Waals surface area contributed by atoms with E-state index in [0.29, 0.717) is 16.4 Å². The lowest BCUT2D eigenvalue weighted by molar-refractivity contribution is 0.477. The Morgan fingerprint density at radius 1 is 0.893 bits per heavy atom. The molecule has 4 rings (SSSR count). The second-order valence-corrected chi connectivity index (χ2v) is 7.42. The molecule has 3 nitrogen and oxygen atoms in total. The molecule has 0 radical (unpaired) electrons. The minimum absolute atomic E-state index is 0.0470. The number of nitrogens with one attached hydrogen (secondary N) is 1. The monoisotopic (exact) mass is 408 g/mol. The van der Waals surface area contributed by atoms with Crippen molar-refractivity contribution in [2.75, 3.05) is 0 Å². The van der Waals surface area contributed by atoms with Crippen LogP contribution in [0.3, 0.4) is 0 Å². The van der Waals surface area contributed by atoms with Crippen LogP contribution in [0.1, 0.15) is 11.4 Å². The average molecular weight is 409 g/mol. The number of benzene rings is 1. The van der Waals surface area contributed by atoms with Crippen molar-refractivity contribution >= 4 is 35.4 Å². The predicted molar refractivity (Wildman–Crippen MR) is 117 cm³/mol. The van der Waals surface area contributed by atoms with Crippen molar-refractivity contribution in [3.63, 3.8) is 0 Å². The van der Waals surface area contributed by atoms with Crippen molar-refractivity contribution in [2.24, 2.45) is 11.8 Å². The predicted octanol–water partition coefficient (Wildman–Crippen LogP) is 6.60. The number of halogens is 2. The van der Waals surface area contributed by atoms with Crippen LogP contribution < -0.4 is 0 Å². The first-order valence-electron chi connectivity index (χ1n) is 8.95. The number of hydrogen-bond donors (Lipinski definition) is 2. The zero-order valence-corrected chi connectivity index (χ0v) is 16.4. The molecule has 0 fully saturated rings. The Bertz CT molecular complexity index is 991. The number of phenols is 1. The summed E-state index contributed by atoms with van der Waals surface area (Å²) in [6.07, 6.45) is 24.7. The molecule has 0 bridgehead atoms. The Kier molecular flexibility index (Phi) is 5.38. The Hall–Kier alpha value is -2.75. The van der Waals surface area contributed by atoms with Gasteiger partial charge in [-0.05, 0) is 24.3 Å². The fourth-order valence-corrected chi connectivity index (χ4v) is 3.59. The molecule has 2 aromatic rings. The van der Waals surface area contributed by atoms with Gasteiger partial charge in [0.15, 0.2) is 0 Å². The number of aromatic amines is 1. The summed E-state index contributed by atoms with van der Waals surface area (Å²) >= 11 is 12.2.